The van der Waals surface area contributed by atoms with Gasteiger partial charge in [-0.3, -0.25) is 9.69 Å². The van der Waals surface area contributed by atoms with Gasteiger partial charge in [0.15, 0.2) is 0 Å². The summed E-state index contributed by atoms with van der Waals surface area (Å²) in [7, 11) is 0. The highest BCUT2D eigenvalue weighted by Gasteiger charge is 2.86. The fraction of sp³-hybridized carbons (Fsp3) is 0.938. The van der Waals surface area contributed by atoms with Gasteiger partial charge in [0.25, 0.3) is 0 Å². The van der Waals surface area contributed by atoms with Crippen molar-refractivity contribution in [2.75, 3.05) is 13.1 Å². The van der Waals surface area contributed by atoms with E-state index < -0.39 is 0 Å². The minimum Gasteiger partial charge on any atom is -0.462 e. The van der Waals surface area contributed by atoms with Crippen molar-refractivity contribution in [2.24, 2.45) is 23.2 Å². The van der Waals surface area contributed by atoms with Gasteiger partial charge in [0, 0.05) is 23.4 Å². The maximum Gasteiger partial charge on any atom is 0.310 e. The van der Waals surface area contributed by atoms with Crippen LogP contribution >= 0.6 is 0 Å². The zero-order chi connectivity index (χ0) is 13.3. The third-order valence-corrected chi connectivity index (χ3v) is 7.80. The average Bonchev–Trinajstić information content (AvgIpc) is 3.08. The van der Waals surface area contributed by atoms with Crippen LogP contribution in [0.1, 0.15) is 32.6 Å². The number of carbonyl (C=O) groups is 1. The Morgan fingerprint density at radius 2 is 2.25 bits per heavy atom. The molecule has 6 rings (SSSR count). The molecule has 0 aromatic carbocycles. The molecular formula is C16H21NO3. The van der Waals surface area contributed by atoms with E-state index in [0.29, 0.717) is 24.0 Å². The Morgan fingerprint density at radius 1 is 1.35 bits per heavy atom. The summed E-state index contributed by atoms with van der Waals surface area (Å²) in [5.41, 5.74) is 0.327. The van der Waals surface area contributed by atoms with Gasteiger partial charge in [-0.05, 0) is 38.1 Å². The van der Waals surface area contributed by atoms with Crippen LogP contribution < -0.4 is 0 Å². The molecule has 6 aliphatic rings. The quantitative estimate of drug-likeness (QED) is 0.492. The van der Waals surface area contributed by atoms with Crippen molar-refractivity contribution in [2.45, 2.75) is 56.5 Å². The first-order valence-electron chi connectivity index (χ1n) is 8.30. The molecule has 4 heteroatoms. The van der Waals surface area contributed by atoms with Crippen LogP contribution in [0.2, 0.25) is 0 Å². The molecule has 4 saturated heterocycles. The second-order valence-electron chi connectivity index (χ2n) is 8.02. The van der Waals surface area contributed by atoms with Gasteiger partial charge in [0.05, 0.1) is 18.1 Å². The van der Waals surface area contributed by atoms with E-state index in [-0.39, 0.29) is 28.9 Å². The average molecular weight is 275 g/mol. The molecule has 4 heterocycles. The van der Waals surface area contributed by atoms with Gasteiger partial charge < -0.3 is 9.47 Å². The number of hydrogen-bond donors (Lipinski definition) is 0. The first-order valence-corrected chi connectivity index (χ1v) is 8.30. The highest BCUT2D eigenvalue weighted by atomic mass is 16.6. The van der Waals surface area contributed by atoms with Crippen molar-refractivity contribution < 1.29 is 14.3 Å². The van der Waals surface area contributed by atoms with E-state index >= 15 is 0 Å². The molecule has 0 N–H and O–H groups in total. The fourth-order valence-corrected chi connectivity index (χ4v) is 7.44. The van der Waals surface area contributed by atoms with Crippen molar-refractivity contribution >= 4 is 5.97 Å². The summed E-state index contributed by atoms with van der Waals surface area (Å²) in [6.07, 6.45) is 5.67. The molecule has 6 fully saturated rings. The highest BCUT2D eigenvalue weighted by molar-refractivity contribution is 5.78. The van der Waals surface area contributed by atoms with E-state index in [1.807, 2.05) is 0 Å². The number of epoxide rings is 1. The second kappa shape index (κ2) is 2.95. The largest absolute Gasteiger partial charge is 0.462 e. The lowest BCUT2D eigenvalue weighted by atomic mass is 9.34. The number of rotatable bonds is 0. The first kappa shape index (κ1) is 11.0. The summed E-state index contributed by atoms with van der Waals surface area (Å²) in [5, 5.41) is 0. The number of esters is 1. The lowest BCUT2D eigenvalue weighted by Gasteiger charge is -2.75. The molecule has 20 heavy (non-hydrogen) atoms. The molecule has 0 aromatic heterocycles. The van der Waals surface area contributed by atoms with Crippen LogP contribution in [0, 0.1) is 23.2 Å². The molecule has 0 radical (unpaired) electrons. The van der Waals surface area contributed by atoms with E-state index in [1.165, 1.54) is 25.8 Å². The van der Waals surface area contributed by atoms with Crippen LogP contribution in [0.4, 0.5) is 0 Å². The van der Waals surface area contributed by atoms with E-state index in [1.54, 1.807) is 0 Å². The van der Waals surface area contributed by atoms with E-state index in [2.05, 4.69) is 11.8 Å². The van der Waals surface area contributed by atoms with Crippen LogP contribution in [0.15, 0.2) is 0 Å². The number of piperidine rings is 2. The molecule has 108 valence electrons. The van der Waals surface area contributed by atoms with Crippen LogP contribution in [-0.2, 0) is 14.3 Å². The van der Waals surface area contributed by atoms with Gasteiger partial charge in [0.1, 0.15) is 6.10 Å². The summed E-state index contributed by atoms with van der Waals surface area (Å²) in [6.45, 7) is 4.65. The lowest BCUT2D eigenvalue weighted by molar-refractivity contribution is -0.269. The van der Waals surface area contributed by atoms with Crippen LogP contribution in [0.5, 0.6) is 0 Å². The molecule has 4 nitrogen and oxygen atoms in total. The minimum atomic E-state index is 0.0884. The summed E-state index contributed by atoms with van der Waals surface area (Å²) >= 11 is 0. The summed E-state index contributed by atoms with van der Waals surface area (Å²) in [5.74, 6) is 1.38. The van der Waals surface area contributed by atoms with Crippen LogP contribution in [-0.4, -0.2) is 47.8 Å². The second-order valence-corrected chi connectivity index (χ2v) is 8.02. The number of nitrogens with zero attached hydrogens (tertiary/aromatic N) is 1. The Bertz CT molecular complexity index is 536. The zero-order valence-electron chi connectivity index (χ0n) is 11.9. The fourth-order valence-electron chi connectivity index (χ4n) is 7.44. The lowest BCUT2D eigenvalue weighted by Crippen LogP contribution is -2.84. The zero-order valence-corrected chi connectivity index (χ0v) is 11.9. The Hall–Kier alpha value is -0.610. The van der Waals surface area contributed by atoms with Crippen molar-refractivity contribution in [1.82, 2.24) is 4.90 Å². The molecule has 0 aromatic rings. The third-order valence-electron chi connectivity index (χ3n) is 7.80. The Kier molecular flexibility index (Phi) is 1.63. The standard InChI is InChI=1S/C16H21NO3/c1-8-6-15-9-3-2-4-17(15)7-12-13(19-12)16(8,15)10-5-11(9)20-14(10)18/h8-13H,2-7H2,1H3/t8?,9-,10-,11-,12-,13-,15+,16?/m1/s1. The number of carbonyl (C=O) groups excluding carboxylic acids is 1. The topological polar surface area (TPSA) is 42.1 Å². The SMILES string of the molecule is CC1C[C@@]23[C@@H]4CCCN2C[C@H]2O[C@H]2C13[C@@H]1C[C@H]4OC1=O. The van der Waals surface area contributed by atoms with Gasteiger partial charge in [-0.25, -0.2) is 0 Å². The Morgan fingerprint density at radius 3 is 3.10 bits per heavy atom. The Labute approximate surface area is 118 Å². The van der Waals surface area contributed by atoms with Gasteiger partial charge in [-0.15, -0.1) is 0 Å². The predicted octanol–water partition coefficient (Wildman–Crippen LogP) is 1.19. The minimum absolute atomic E-state index is 0.0884. The number of hydrogen-bond acceptors (Lipinski definition) is 4. The van der Waals surface area contributed by atoms with E-state index in [9.17, 15) is 4.79 Å². The molecule has 2 aliphatic carbocycles. The van der Waals surface area contributed by atoms with E-state index in [4.69, 9.17) is 9.47 Å². The van der Waals surface area contributed by atoms with Crippen LogP contribution in [0.3, 0.4) is 0 Å². The molecule has 0 amide bonds. The van der Waals surface area contributed by atoms with Gasteiger partial charge >= 0.3 is 5.97 Å². The first-order chi connectivity index (χ1) is 9.69. The van der Waals surface area contributed by atoms with Crippen LogP contribution in [0.25, 0.3) is 0 Å². The monoisotopic (exact) mass is 275 g/mol. The highest BCUT2D eigenvalue weighted by Crippen LogP contribution is 2.78. The number of fused-ring (bicyclic) bond motifs is 4. The molecule has 2 bridgehead atoms. The summed E-state index contributed by atoms with van der Waals surface area (Å²) in [6, 6.07) is 0. The van der Waals surface area contributed by atoms with Crippen molar-refractivity contribution in [1.29, 1.82) is 0 Å². The summed E-state index contributed by atoms with van der Waals surface area (Å²) < 4.78 is 11.9. The summed E-state index contributed by atoms with van der Waals surface area (Å²) in [4.78, 5) is 15.2. The Balaban J connectivity index is 1.63. The third kappa shape index (κ3) is 0.822. The molecule has 8 atom stereocenters. The van der Waals surface area contributed by atoms with Gasteiger partial charge in [-0.1, -0.05) is 6.92 Å². The molecule has 2 saturated carbocycles. The smallest absolute Gasteiger partial charge is 0.310 e. The maximum atomic E-state index is 12.5. The normalized spacial score (nSPS) is 65.5. The van der Waals surface area contributed by atoms with Gasteiger partial charge in [-0.2, -0.15) is 0 Å². The van der Waals surface area contributed by atoms with E-state index in [0.717, 1.165) is 13.0 Å². The molecule has 4 aliphatic heterocycles. The maximum absolute atomic E-state index is 12.5. The van der Waals surface area contributed by atoms with Crippen molar-refractivity contribution in [3.05, 3.63) is 0 Å². The predicted molar refractivity (Wildman–Crippen MR) is 69.9 cm³/mol. The molecule has 1 spiro atoms. The molecule has 2 unspecified atom stereocenters. The van der Waals surface area contributed by atoms with Crippen molar-refractivity contribution in [3.8, 4) is 0 Å². The van der Waals surface area contributed by atoms with Crippen molar-refractivity contribution in [3.63, 3.8) is 0 Å². The molecular weight excluding hydrogens is 254 g/mol. The number of ether oxygens (including phenoxy) is 2. The van der Waals surface area contributed by atoms with Gasteiger partial charge in [0.2, 0.25) is 0 Å².